The minimum Gasteiger partial charge on any atom is -0.381 e. The van der Waals surface area contributed by atoms with Gasteiger partial charge in [0.2, 0.25) is 0 Å². The lowest BCUT2D eigenvalue weighted by Gasteiger charge is -2.36. The maximum absolute atomic E-state index is 13.4. The average Bonchev–Trinajstić information content (AvgIpc) is 3.21. The number of nitrogens with zero attached hydrogens (tertiary/aromatic N) is 2. The van der Waals surface area contributed by atoms with Crippen LogP contribution in [0.4, 0.5) is 4.39 Å². The van der Waals surface area contributed by atoms with Crippen LogP contribution in [-0.4, -0.2) is 43.4 Å². The average molecular weight is 372 g/mol. The number of hydrogen-bond acceptors (Lipinski definition) is 2. The lowest BCUT2D eigenvalue weighted by molar-refractivity contribution is 0.0531. The van der Waals surface area contributed by atoms with Gasteiger partial charge in [-0.2, -0.15) is 0 Å². The monoisotopic (exact) mass is 372 g/mol. The third-order valence-corrected chi connectivity index (χ3v) is 5.12. The van der Waals surface area contributed by atoms with E-state index >= 15 is 0 Å². The van der Waals surface area contributed by atoms with Gasteiger partial charge in [-0.25, -0.2) is 4.39 Å². The zero-order valence-corrected chi connectivity index (χ0v) is 16.0. The second-order valence-corrected chi connectivity index (χ2v) is 6.94. The molecule has 3 rings (SSSR count). The molecule has 0 bridgehead atoms. The molecular weight excluding hydrogens is 343 g/mol. The van der Waals surface area contributed by atoms with Crippen molar-refractivity contribution >= 4 is 5.96 Å². The van der Waals surface area contributed by atoms with E-state index < -0.39 is 0 Å². The van der Waals surface area contributed by atoms with Crippen LogP contribution in [0.3, 0.4) is 0 Å². The highest BCUT2D eigenvalue weighted by Gasteiger charge is 2.34. The fourth-order valence-electron chi connectivity index (χ4n) is 3.50. The normalized spacial score (nSPS) is 16.9. The summed E-state index contributed by atoms with van der Waals surface area (Å²) in [5.74, 6) is 0.613. The number of aromatic nitrogens is 1. The maximum Gasteiger partial charge on any atom is 0.191 e. The predicted molar refractivity (Wildman–Crippen MR) is 107 cm³/mol. The molecule has 1 aromatic carbocycles. The molecule has 1 aliphatic heterocycles. The van der Waals surface area contributed by atoms with E-state index in [1.54, 1.807) is 0 Å². The number of nitrogens with one attached hydrogen (secondary N) is 2. The number of aliphatic imine (C=N–C) groups is 1. The van der Waals surface area contributed by atoms with Gasteiger partial charge in [0, 0.05) is 50.7 Å². The van der Waals surface area contributed by atoms with Gasteiger partial charge in [-0.15, -0.1) is 0 Å². The molecule has 1 aromatic heterocycles. The first-order valence-corrected chi connectivity index (χ1v) is 9.69. The van der Waals surface area contributed by atoms with Crippen LogP contribution in [0, 0.1) is 5.82 Å². The standard InChI is InChI=1S/C21H29FN4O/c1-2-23-20(24-11-14-26-12-3-4-13-26)25-17-21(9-15-27-16-10-21)18-5-7-19(22)8-6-18/h3-8,12-13H,2,9-11,14-17H2,1H3,(H2,23,24,25). The SMILES string of the molecule is CCNC(=NCC1(c2ccc(F)cc2)CCOCC1)NCCn1cccc1. The van der Waals surface area contributed by atoms with Crippen molar-refractivity contribution < 1.29 is 9.13 Å². The Balaban J connectivity index is 1.69. The molecule has 2 aromatic rings. The van der Waals surface area contributed by atoms with Crippen molar-refractivity contribution in [2.75, 3.05) is 32.8 Å². The number of guanidine groups is 1. The Hall–Kier alpha value is -2.34. The van der Waals surface area contributed by atoms with E-state index in [0.717, 1.165) is 44.0 Å². The number of ether oxygens (including phenoxy) is 1. The third-order valence-electron chi connectivity index (χ3n) is 5.12. The van der Waals surface area contributed by atoms with Crippen LogP contribution in [0.2, 0.25) is 0 Å². The van der Waals surface area contributed by atoms with Gasteiger partial charge in [0.15, 0.2) is 5.96 Å². The number of benzene rings is 1. The van der Waals surface area contributed by atoms with Crippen LogP contribution in [0.5, 0.6) is 0 Å². The molecule has 6 heteroatoms. The summed E-state index contributed by atoms with van der Waals surface area (Å²) in [6.07, 6.45) is 5.89. The molecule has 2 heterocycles. The summed E-state index contributed by atoms with van der Waals surface area (Å²) >= 11 is 0. The third kappa shape index (κ3) is 5.32. The summed E-state index contributed by atoms with van der Waals surface area (Å²) in [6, 6.07) is 10.9. The van der Waals surface area contributed by atoms with E-state index in [1.807, 2.05) is 24.3 Å². The molecular formula is C21H29FN4O. The highest BCUT2D eigenvalue weighted by molar-refractivity contribution is 5.79. The molecule has 1 saturated heterocycles. The molecule has 146 valence electrons. The number of halogens is 1. The fourth-order valence-corrected chi connectivity index (χ4v) is 3.50. The van der Waals surface area contributed by atoms with E-state index in [4.69, 9.17) is 9.73 Å². The largest absolute Gasteiger partial charge is 0.381 e. The Morgan fingerprint density at radius 1 is 1.15 bits per heavy atom. The molecule has 0 unspecified atom stereocenters. The van der Waals surface area contributed by atoms with Crippen molar-refractivity contribution in [3.63, 3.8) is 0 Å². The topological polar surface area (TPSA) is 50.6 Å². The molecule has 0 spiro atoms. The summed E-state index contributed by atoms with van der Waals surface area (Å²) < 4.78 is 21.1. The summed E-state index contributed by atoms with van der Waals surface area (Å²) in [6.45, 7) is 6.63. The van der Waals surface area contributed by atoms with Crippen molar-refractivity contribution in [1.29, 1.82) is 0 Å². The highest BCUT2D eigenvalue weighted by atomic mass is 19.1. The first-order valence-electron chi connectivity index (χ1n) is 9.69. The predicted octanol–water partition coefficient (Wildman–Crippen LogP) is 2.93. The zero-order valence-electron chi connectivity index (χ0n) is 16.0. The Kier molecular flexibility index (Phi) is 6.87. The lowest BCUT2D eigenvalue weighted by Crippen LogP contribution is -2.42. The zero-order chi connectivity index (χ0) is 19.0. The molecule has 0 aliphatic carbocycles. The van der Waals surface area contributed by atoms with Crippen molar-refractivity contribution in [2.24, 2.45) is 4.99 Å². The second kappa shape index (κ2) is 9.55. The van der Waals surface area contributed by atoms with Gasteiger partial charge in [0.25, 0.3) is 0 Å². The highest BCUT2D eigenvalue weighted by Crippen LogP contribution is 2.35. The van der Waals surface area contributed by atoms with Crippen LogP contribution < -0.4 is 10.6 Å². The summed E-state index contributed by atoms with van der Waals surface area (Å²) in [5, 5.41) is 6.72. The van der Waals surface area contributed by atoms with E-state index in [-0.39, 0.29) is 11.2 Å². The molecule has 0 saturated carbocycles. The van der Waals surface area contributed by atoms with Gasteiger partial charge >= 0.3 is 0 Å². The molecule has 0 amide bonds. The fraction of sp³-hybridized carbons (Fsp3) is 0.476. The van der Waals surface area contributed by atoms with Gasteiger partial charge in [-0.1, -0.05) is 12.1 Å². The summed E-state index contributed by atoms with van der Waals surface area (Å²) in [5.41, 5.74) is 1.04. The van der Waals surface area contributed by atoms with Crippen molar-refractivity contribution in [3.8, 4) is 0 Å². The molecule has 1 aliphatic rings. The van der Waals surface area contributed by atoms with Crippen molar-refractivity contribution in [3.05, 3.63) is 60.2 Å². The van der Waals surface area contributed by atoms with Crippen LogP contribution in [0.15, 0.2) is 53.8 Å². The molecule has 0 atom stereocenters. The van der Waals surface area contributed by atoms with E-state index in [1.165, 1.54) is 12.1 Å². The Bertz CT molecular complexity index is 706. The maximum atomic E-state index is 13.4. The van der Waals surface area contributed by atoms with Crippen molar-refractivity contribution in [1.82, 2.24) is 15.2 Å². The van der Waals surface area contributed by atoms with Gasteiger partial charge in [0.05, 0.1) is 6.54 Å². The van der Waals surface area contributed by atoms with Crippen LogP contribution in [0.1, 0.15) is 25.3 Å². The number of rotatable bonds is 7. The van der Waals surface area contributed by atoms with Gasteiger partial charge in [-0.3, -0.25) is 4.99 Å². The Morgan fingerprint density at radius 3 is 2.52 bits per heavy atom. The molecule has 0 radical (unpaired) electrons. The van der Waals surface area contributed by atoms with E-state index in [0.29, 0.717) is 19.8 Å². The summed E-state index contributed by atoms with van der Waals surface area (Å²) in [7, 11) is 0. The van der Waals surface area contributed by atoms with E-state index in [9.17, 15) is 4.39 Å². The molecule has 1 fully saturated rings. The van der Waals surface area contributed by atoms with Gasteiger partial charge < -0.3 is 19.9 Å². The smallest absolute Gasteiger partial charge is 0.191 e. The first kappa shape index (κ1) is 19.4. The number of hydrogen-bond donors (Lipinski definition) is 2. The summed E-state index contributed by atoms with van der Waals surface area (Å²) in [4.78, 5) is 4.86. The van der Waals surface area contributed by atoms with Crippen LogP contribution in [0.25, 0.3) is 0 Å². The van der Waals surface area contributed by atoms with Gasteiger partial charge in [-0.05, 0) is 49.6 Å². The Morgan fingerprint density at radius 2 is 1.85 bits per heavy atom. The van der Waals surface area contributed by atoms with Gasteiger partial charge in [0.1, 0.15) is 5.82 Å². The minimum absolute atomic E-state index is 0.102. The lowest BCUT2D eigenvalue weighted by atomic mass is 9.74. The van der Waals surface area contributed by atoms with Crippen LogP contribution in [-0.2, 0) is 16.7 Å². The molecule has 5 nitrogen and oxygen atoms in total. The first-order chi connectivity index (χ1) is 13.2. The van der Waals surface area contributed by atoms with Crippen LogP contribution >= 0.6 is 0 Å². The molecule has 27 heavy (non-hydrogen) atoms. The Labute approximate surface area is 160 Å². The van der Waals surface area contributed by atoms with E-state index in [2.05, 4.69) is 34.5 Å². The molecule has 2 N–H and O–H groups in total. The van der Waals surface area contributed by atoms with Crippen molar-refractivity contribution in [2.45, 2.75) is 31.7 Å². The minimum atomic E-state index is -0.204. The second-order valence-electron chi connectivity index (χ2n) is 6.94. The quantitative estimate of drug-likeness (QED) is 0.580.